The summed E-state index contributed by atoms with van der Waals surface area (Å²) in [6.45, 7) is 2.82. The van der Waals surface area contributed by atoms with E-state index in [0.29, 0.717) is 28.3 Å². The Morgan fingerprint density at radius 3 is 2.91 bits per heavy atom. The van der Waals surface area contributed by atoms with Gasteiger partial charge in [0.2, 0.25) is 5.95 Å². The molecule has 3 aromatic heterocycles. The van der Waals surface area contributed by atoms with E-state index in [-0.39, 0.29) is 30.2 Å². The molecule has 35 heavy (non-hydrogen) atoms. The van der Waals surface area contributed by atoms with E-state index in [1.54, 1.807) is 19.4 Å². The van der Waals surface area contributed by atoms with E-state index in [1.165, 1.54) is 23.5 Å². The summed E-state index contributed by atoms with van der Waals surface area (Å²) >= 11 is 1.26. The smallest absolute Gasteiger partial charge is 0.357 e. The van der Waals surface area contributed by atoms with Crippen molar-refractivity contribution in [3.63, 3.8) is 0 Å². The number of aromatic amines is 1. The molecule has 0 radical (unpaired) electrons. The lowest BCUT2D eigenvalue weighted by Crippen LogP contribution is -2.41. The summed E-state index contributed by atoms with van der Waals surface area (Å²) in [5, 5.41) is 9.78. The van der Waals surface area contributed by atoms with Gasteiger partial charge in [0, 0.05) is 36.4 Å². The molecule has 0 amide bonds. The maximum atomic E-state index is 14.5. The summed E-state index contributed by atoms with van der Waals surface area (Å²) in [5.41, 5.74) is 8.52. The molecule has 10 nitrogen and oxygen atoms in total. The molecule has 1 aliphatic heterocycles. The van der Waals surface area contributed by atoms with Crippen LogP contribution in [-0.4, -0.2) is 58.2 Å². The van der Waals surface area contributed by atoms with E-state index in [1.807, 2.05) is 0 Å². The van der Waals surface area contributed by atoms with E-state index >= 15 is 0 Å². The largest absolute Gasteiger partial charge is 0.461 e. The standard InChI is InChI=1S/C23H25FN8O2S/c1-3-34-21(33)16-9-35-23(27-16)31-22-29-19-17(13-5-11(24)6-15(26-2)18(13)28-19)20(30-22)32-8-10-4-12(32)7-14(10)25/h5-6,9-10,12,14,26H,3-4,7-8,25H2,1-2H3,(H2,27,28,29,30,31)/t10-,12-,14-/m1/s1. The van der Waals surface area contributed by atoms with E-state index in [0.717, 1.165) is 41.5 Å². The van der Waals surface area contributed by atoms with Crippen LogP contribution in [0.1, 0.15) is 30.3 Å². The molecule has 3 atom stereocenters. The highest BCUT2D eigenvalue weighted by molar-refractivity contribution is 7.14. The van der Waals surface area contributed by atoms with Gasteiger partial charge in [0.1, 0.15) is 17.3 Å². The first-order valence-electron chi connectivity index (χ1n) is 11.6. The van der Waals surface area contributed by atoms with Crippen LogP contribution < -0.4 is 21.3 Å². The quantitative estimate of drug-likeness (QED) is 0.295. The van der Waals surface area contributed by atoms with Crippen molar-refractivity contribution in [2.24, 2.45) is 11.7 Å². The van der Waals surface area contributed by atoms with Crippen molar-refractivity contribution >= 4 is 61.8 Å². The third-order valence-electron chi connectivity index (χ3n) is 6.85. The summed E-state index contributed by atoms with van der Waals surface area (Å²) in [7, 11) is 1.75. The number of piperidine rings is 1. The second-order valence-electron chi connectivity index (χ2n) is 8.93. The normalized spacial score (nSPS) is 21.3. The highest BCUT2D eigenvalue weighted by atomic mass is 32.1. The van der Waals surface area contributed by atoms with Crippen LogP contribution in [0, 0.1) is 11.7 Å². The SMILES string of the molecule is CCOC(=O)c1csc(Nc2nc(N3C[C@H]4C[C@@H]3C[C@H]4N)c3c(n2)[nH]c2c(NC)cc(F)cc23)n1. The van der Waals surface area contributed by atoms with Gasteiger partial charge in [0.15, 0.2) is 10.8 Å². The summed E-state index contributed by atoms with van der Waals surface area (Å²) in [6.07, 6.45) is 1.91. The van der Waals surface area contributed by atoms with Crippen molar-refractivity contribution in [3.05, 3.63) is 29.0 Å². The van der Waals surface area contributed by atoms with Crippen LogP contribution in [0.5, 0.6) is 0 Å². The van der Waals surface area contributed by atoms with Gasteiger partial charge < -0.3 is 25.7 Å². The summed E-state index contributed by atoms with van der Waals surface area (Å²) < 4.78 is 19.5. The van der Waals surface area contributed by atoms with Crippen LogP contribution in [0.15, 0.2) is 17.5 Å². The Labute approximate surface area is 204 Å². The average Bonchev–Trinajstić information content (AvgIpc) is 3.61. The number of ether oxygens (including phenoxy) is 1. The van der Waals surface area contributed by atoms with E-state index < -0.39 is 5.97 Å². The number of rotatable bonds is 6. The Balaban J connectivity index is 1.47. The average molecular weight is 497 g/mol. The van der Waals surface area contributed by atoms with Gasteiger partial charge >= 0.3 is 5.97 Å². The summed E-state index contributed by atoms with van der Waals surface area (Å²) in [6, 6.07) is 3.44. The Morgan fingerprint density at radius 1 is 1.34 bits per heavy atom. The lowest BCUT2D eigenvalue weighted by atomic mass is 10.0. The van der Waals surface area contributed by atoms with Gasteiger partial charge in [-0.3, -0.25) is 5.32 Å². The second kappa shape index (κ2) is 8.31. The molecule has 5 N–H and O–H groups in total. The van der Waals surface area contributed by atoms with Crippen molar-refractivity contribution < 1.29 is 13.9 Å². The minimum atomic E-state index is -0.476. The number of nitrogens with zero attached hydrogens (tertiary/aromatic N) is 4. The Kier molecular flexibility index (Phi) is 5.22. The number of esters is 1. The van der Waals surface area contributed by atoms with Gasteiger partial charge in [-0.2, -0.15) is 9.97 Å². The number of aromatic nitrogens is 4. The van der Waals surface area contributed by atoms with Crippen molar-refractivity contribution in [1.29, 1.82) is 0 Å². The van der Waals surface area contributed by atoms with Gasteiger partial charge in [-0.1, -0.05) is 0 Å². The molecule has 0 unspecified atom stereocenters. The zero-order valence-corrected chi connectivity index (χ0v) is 20.1. The molecule has 1 saturated heterocycles. The van der Waals surface area contributed by atoms with Crippen LogP contribution >= 0.6 is 11.3 Å². The van der Waals surface area contributed by atoms with E-state index in [4.69, 9.17) is 15.5 Å². The third kappa shape index (κ3) is 3.64. The molecular formula is C23H25FN8O2S. The van der Waals surface area contributed by atoms with Crippen LogP contribution in [0.4, 0.5) is 27.0 Å². The molecule has 6 rings (SSSR count). The molecule has 2 bridgehead atoms. The van der Waals surface area contributed by atoms with Gasteiger partial charge in [-0.25, -0.2) is 14.2 Å². The molecule has 0 spiro atoms. The lowest BCUT2D eigenvalue weighted by molar-refractivity contribution is 0.0520. The van der Waals surface area contributed by atoms with Gasteiger partial charge in [0.25, 0.3) is 0 Å². The fourth-order valence-corrected chi connectivity index (χ4v) is 5.96. The molecule has 1 saturated carbocycles. The Morgan fingerprint density at radius 2 is 2.20 bits per heavy atom. The first-order chi connectivity index (χ1) is 16.9. The molecule has 1 aliphatic carbocycles. The molecule has 182 valence electrons. The van der Waals surface area contributed by atoms with Crippen molar-refractivity contribution in [2.75, 3.05) is 35.7 Å². The number of halogens is 1. The topological polar surface area (TPSA) is 134 Å². The number of H-pyrrole nitrogens is 1. The number of nitrogens with one attached hydrogen (secondary N) is 3. The number of hydrogen-bond donors (Lipinski definition) is 4. The number of fused-ring (bicyclic) bond motifs is 5. The zero-order valence-electron chi connectivity index (χ0n) is 19.3. The van der Waals surface area contributed by atoms with Crippen LogP contribution in [-0.2, 0) is 4.74 Å². The van der Waals surface area contributed by atoms with Crippen LogP contribution in [0.25, 0.3) is 21.9 Å². The minimum Gasteiger partial charge on any atom is -0.461 e. The maximum absolute atomic E-state index is 14.5. The number of carbonyl (C=O) groups is 1. The monoisotopic (exact) mass is 496 g/mol. The number of benzene rings is 1. The fourth-order valence-electron chi connectivity index (χ4n) is 5.28. The predicted molar refractivity (Wildman–Crippen MR) is 134 cm³/mol. The molecule has 4 heterocycles. The number of anilines is 4. The molecule has 12 heteroatoms. The highest BCUT2D eigenvalue weighted by Gasteiger charge is 2.44. The van der Waals surface area contributed by atoms with E-state index in [9.17, 15) is 9.18 Å². The van der Waals surface area contributed by atoms with E-state index in [2.05, 4.69) is 30.5 Å². The summed E-state index contributed by atoms with van der Waals surface area (Å²) in [5.74, 6) is 0.661. The molecule has 4 aromatic rings. The Bertz CT molecular complexity index is 1450. The fraction of sp³-hybridized carbons (Fsp3) is 0.391. The molecule has 2 aliphatic rings. The van der Waals surface area contributed by atoms with Crippen LogP contribution in [0.2, 0.25) is 0 Å². The first kappa shape index (κ1) is 22.0. The number of hydrogen-bond acceptors (Lipinski definition) is 10. The van der Waals surface area contributed by atoms with Crippen molar-refractivity contribution in [1.82, 2.24) is 19.9 Å². The highest BCUT2D eigenvalue weighted by Crippen LogP contribution is 2.44. The Hall–Kier alpha value is -3.51. The zero-order chi connectivity index (χ0) is 24.3. The van der Waals surface area contributed by atoms with Crippen molar-refractivity contribution in [3.8, 4) is 0 Å². The number of nitrogens with two attached hydrogens (primary N) is 1. The lowest BCUT2D eigenvalue weighted by Gasteiger charge is -2.31. The van der Waals surface area contributed by atoms with Crippen LogP contribution in [0.3, 0.4) is 0 Å². The van der Waals surface area contributed by atoms with Gasteiger partial charge in [0.05, 0.1) is 23.2 Å². The molecular weight excluding hydrogens is 471 g/mol. The van der Waals surface area contributed by atoms with Gasteiger partial charge in [-0.05, 0) is 37.8 Å². The number of carbonyl (C=O) groups excluding carboxylic acids is 1. The molecule has 1 aromatic carbocycles. The second-order valence-corrected chi connectivity index (χ2v) is 9.79. The van der Waals surface area contributed by atoms with Gasteiger partial charge in [-0.15, -0.1) is 11.3 Å². The first-order valence-corrected chi connectivity index (χ1v) is 12.5. The summed E-state index contributed by atoms with van der Waals surface area (Å²) in [4.78, 5) is 31.5. The third-order valence-corrected chi connectivity index (χ3v) is 7.61. The van der Waals surface area contributed by atoms with Crippen molar-refractivity contribution in [2.45, 2.75) is 31.8 Å². The minimum absolute atomic E-state index is 0.194. The number of thiazole rings is 1. The predicted octanol–water partition coefficient (Wildman–Crippen LogP) is 3.59. The maximum Gasteiger partial charge on any atom is 0.357 e. The molecule has 2 fully saturated rings.